The van der Waals surface area contributed by atoms with Crippen LogP contribution in [0.5, 0.6) is 0 Å². The Morgan fingerprint density at radius 3 is 2.81 bits per heavy atom. The normalized spacial score (nSPS) is 34.9. The van der Waals surface area contributed by atoms with Crippen molar-refractivity contribution in [1.82, 2.24) is 19.4 Å². The first kappa shape index (κ1) is 21.0. The molecule has 2 aromatic heterocycles. The minimum Gasteiger partial charge on any atom is -0.395 e. The Kier molecular flexibility index (Phi) is 4.94. The Morgan fingerprint density at radius 1 is 1.26 bits per heavy atom. The van der Waals surface area contributed by atoms with Crippen molar-refractivity contribution in [3.63, 3.8) is 0 Å². The highest BCUT2D eigenvalue weighted by Gasteiger charge is 2.57. The van der Waals surface area contributed by atoms with Gasteiger partial charge in [0.15, 0.2) is 12.0 Å². The van der Waals surface area contributed by atoms with E-state index in [1.54, 1.807) is 11.1 Å². The fourth-order valence-electron chi connectivity index (χ4n) is 4.94. The van der Waals surface area contributed by atoms with Gasteiger partial charge in [-0.1, -0.05) is 0 Å². The average molecular weight is 439 g/mol. The molecule has 3 saturated heterocycles. The van der Waals surface area contributed by atoms with E-state index in [9.17, 15) is 13.9 Å². The maximum atomic E-state index is 14.1. The van der Waals surface area contributed by atoms with Crippen molar-refractivity contribution >= 4 is 16.9 Å². The molecule has 9 nitrogen and oxygen atoms in total. The molecule has 0 bridgehead atoms. The molecule has 5 rings (SSSR count). The zero-order chi connectivity index (χ0) is 22.0. The maximum absolute atomic E-state index is 14.1. The van der Waals surface area contributed by atoms with Gasteiger partial charge in [0, 0.05) is 25.2 Å². The molecule has 5 atom stereocenters. The van der Waals surface area contributed by atoms with Gasteiger partial charge in [-0.25, -0.2) is 18.7 Å². The van der Waals surface area contributed by atoms with Crippen molar-refractivity contribution in [2.75, 3.05) is 25.4 Å². The molecule has 31 heavy (non-hydrogen) atoms. The lowest BCUT2D eigenvalue weighted by Crippen LogP contribution is -2.54. The molecule has 0 aromatic carbocycles. The number of aliphatic hydroxyl groups excluding tert-OH is 1. The van der Waals surface area contributed by atoms with Crippen molar-refractivity contribution in [3.05, 3.63) is 18.6 Å². The Hall–Kier alpha value is -1.92. The lowest BCUT2D eigenvalue weighted by Gasteiger charge is -2.40. The number of ether oxygens (including phenoxy) is 3. The first-order valence-corrected chi connectivity index (χ1v) is 10.5. The molecule has 0 spiro atoms. The summed E-state index contributed by atoms with van der Waals surface area (Å²) < 4.78 is 48.6. The van der Waals surface area contributed by atoms with Crippen LogP contribution in [-0.2, 0) is 14.2 Å². The summed E-state index contributed by atoms with van der Waals surface area (Å²) in [5.41, 5.74) is 6.56. The van der Waals surface area contributed by atoms with E-state index >= 15 is 0 Å². The summed E-state index contributed by atoms with van der Waals surface area (Å²) in [6, 6.07) is 1.47. The highest BCUT2D eigenvalue weighted by atomic mass is 19.3. The van der Waals surface area contributed by atoms with Gasteiger partial charge < -0.3 is 29.6 Å². The zero-order valence-electron chi connectivity index (χ0n) is 17.4. The van der Waals surface area contributed by atoms with Crippen LogP contribution in [0.4, 0.5) is 14.6 Å². The second-order valence-corrected chi connectivity index (χ2v) is 9.01. The number of anilines is 1. The smallest absolute Gasteiger partial charge is 0.260 e. The van der Waals surface area contributed by atoms with E-state index in [4.69, 9.17) is 19.9 Å². The first-order valence-electron chi connectivity index (χ1n) is 10.5. The van der Waals surface area contributed by atoms with Crippen LogP contribution < -0.4 is 5.73 Å². The number of alkyl halides is 2. The summed E-state index contributed by atoms with van der Waals surface area (Å²) in [6.45, 7) is 3.24. The second kappa shape index (κ2) is 7.31. The van der Waals surface area contributed by atoms with E-state index in [0.717, 1.165) is 0 Å². The van der Waals surface area contributed by atoms with Gasteiger partial charge in [-0.3, -0.25) is 4.90 Å². The third-order valence-electron chi connectivity index (χ3n) is 6.36. The van der Waals surface area contributed by atoms with Crippen LogP contribution in [0.3, 0.4) is 0 Å². The highest BCUT2D eigenvalue weighted by Crippen LogP contribution is 2.45. The predicted molar refractivity (Wildman–Crippen MR) is 106 cm³/mol. The van der Waals surface area contributed by atoms with Gasteiger partial charge >= 0.3 is 0 Å². The number of hydrogen-bond donors (Lipinski definition) is 2. The van der Waals surface area contributed by atoms with Crippen LogP contribution in [0.2, 0.25) is 0 Å². The van der Waals surface area contributed by atoms with Crippen molar-refractivity contribution in [2.45, 2.75) is 69.0 Å². The van der Waals surface area contributed by atoms with Crippen molar-refractivity contribution < 1.29 is 28.1 Å². The summed E-state index contributed by atoms with van der Waals surface area (Å²) >= 11 is 0. The van der Waals surface area contributed by atoms with Crippen LogP contribution in [0.1, 0.15) is 32.9 Å². The molecule has 0 radical (unpaired) electrons. The van der Waals surface area contributed by atoms with Gasteiger partial charge in [0.1, 0.15) is 36.1 Å². The number of hydrogen-bond acceptors (Lipinski definition) is 8. The van der Waals surface area contributed by atoms with Gasteiger partial charge in [0.25, 0.3) is 5.92 Å². The SMILES string of the molecule is CC1(C)O[C@@H]2[C@H](O1)[C@@H](CN1CC(F)(F)CCC1CO)O[C@H]2n1ccc2c(N)ncnc21. The van der Waals surface area contributed by atoms with E-state index in [0.29, 0.717) is 16.9 Å². The lowest BCUT2D eigenvalue weighted by molar-refractivity contribution is -0.201. The molecule has 170 valence electrons. The zero-order valence-corrected chi connectivity index (χ0v) is 17.4. The molecule has 1 unspecified atom stereocenters. The summed E-state index contributed by atoms with van der Waals surface area (Å²) in [5.74, 6) is -3.27. The van der Waals surface area contributed by atoms with Gasteiger partial charge in [-0.05, 0) is 26.3 Å². The molecule has 5 heterocycles. The Morgan fingerprint density at radius 2 is 2.03 bits per heavy atom. The van der Waals surface area contributed by atoms with Gasteiger partial charge in [-0.15, -0.1) is 0 Å². The predicted octanol–water partition coefficient (Wildman–Crippen LogP) is 1.52. The molecule has 3 aliphatic rings. The number of nitrogen functional groups attached to an aromatic ring is 1. The topological polar surface area (TPSA) is 108 Å². The van der Waals surface area contributed by atoms with Crippen LogP contribution >= 0.6 is 0 Å². The summed E-state index contributed by atoms with van der Waals surface area (Å²) in [4.78, 5) is 9.96. The van der Waals surface area contributed by atoms with Crippen LogP contribution in [0.15, 0.2) is 18.6 Å². The number of piperidine rings is 1. The van der Waals surface area contributed by atoms with Crippen LogP contribution in [0.25, 0.3) is 11.0 Å². The molecule has 3 fully saturated rings. The average Bonchev–Trinajstić information content (AvgIpc) is 3.34. The Bertz CT molecular complexity index is 970. The third kappa shape index (κ3) is 3.68. The van der Waals surface area contributed by atoms with E-state index in [1.807, 2.05) is 24.5 Å². The van der Waals surface area contributed by atoms with Crippen LogP contribution in [0, 0.1) is 0 Å². The third-order valence-corrected chi connectivity index (χ3v) is 6.36. The lowest BCUT2D eigenvalue weighted by atomic mass is 9.98. The molecular formula is C20H27F2N5O4. The molecule has 3 aliphatic heterocycles. The van der Waals surface area contributed by atoms with Crippen molar-refractivity contribution in [3.8, 4) is 0 Å². The number of nitrogens with zero attached hydrogens (tertiary/aromatic N) is 4. The summed E-state index contributed by atoms with van der Waals surface area (Å²) in [6.07, 6.45) is 1.21. The van der Waals surface area contributed by atoms with Crippen molar-refractivity contribution in [1.29, 1.82) is 0 Å². The molecule has 11 heteroatoms. The first-order chi connectivity index (χ1) is 14.7. The minimum absolute atomic E-state index is 0.179. The molecule has 0 amide bonds. The number of likely N-dealkylation sites (tertiary alicyclic amines) is 1. The molecular weight excluding hydrogens is 412 g/mol. The largest absolute Gasteiger partial charge is 0.395 e. The highest BCUT2D eigenvalue weighted by molar-refractivity contribution is 5.86. The van der Waals surface area contributed by atoms with E-state index in [2.05, 4.69) is 9.97 Å². The number of aromatic nitrogens is 3. The van der Waals surface area contributed by atoms with Gasteiger partial charge in [-0.2, -0.15) is 0 Å². The number of aliphatic hydroxyl groups is 1. The number of rotatable bonds is 4. The van der Waals surface area contributed by atoms with E-state index in [-0.39, 0.29) is 32.0 Å². The van der Waals surface area contributed by atoms with Crippen molar-refractivity contribution in [2.24, 2.45) is 0 Å². The number of halogens is 2. The quantitative estimate of drug-likeness (QED) is 0.739. The molecule has 0 aliphatic carbocycles. The Balaban J connectivity index is 1.45. The molecule has 3 N–H and O–H groups in total. The van der Waals surface area contributed by atoms with E-state index < -0.39 is 42.8 Å². The fourth-order valence-corrected chi connectivity index (χ4v) is 4.94. The fraction of sp³-hybridized carbons (Fsp3) is 0.700. The Labute approximate surface area is 178 Å². The standard InChI is InChI=1S/C20H27F2N5O4/c1-19(2)30-14-13(7-26-9-20(21,22)5-3-11(26)8-28)29-18(15(14)31-19)27-6-4-12-16(23)24-10-25-17(12)27/h4,6,10-11,13-15,18,28H,3,5,7-9H2,1-2H3,(H2,23,24,25)/t11?,13-,14-,15-,18-/m1/s1. The van der Waals surface area contributed by atoms with Crippen LogP contribution in [-0.4, -0.2) is 80.3 Å². The minimum atomic E-state index is -2.79. The second-order valence-electron chi connectivity index (χ2n) is 9.01. The maximum Gasteiger partial charge on any atom is 0.260 e. The van der Waals surface area contributed by atoms with Gasteiger partial charge in [0.05, 0.1) is 18.5 Å². The number of nitrogens with two attached hydrogens (primary N) is 1. The number of fused-ring (bicyclic) bond motifs is 2. The monoisotopic (exact) mass is 439 g/mol. The molecule has 0 saturated carbocycles. The summed E-state index contributed by atoms with van der Waals surface area (Å²) in [7, 11) is 0. The molecule has 2 aromatic rings. The summed E-state index contributed by atoms with van der Waals surface area (Å²) in [5, 5.41) is 10.4. The van der Waals surface area contributed by atoms with E-state index in [1.165, 1.54) is 6.33 Å². The van der Waals surface area contributed by atoms with Gasteiger partial charge in [0.2, 0.25) is 0 Å².